The molecule has 4 aromatic rings. The topological polar surface area (TPSA) is 94.6 Å². The Morgan fingerprint density at radius 1 is 1.00 bits per heavy atom. The first-order chi connectivity index (χ1) is 16.0. The van der Waals surface area contributed by atoms with Gasteiger partial charge in [-0.2, -0.15) is 0 Å². The zero-order valence-corrected chi connectivity index (χ0v) is 20.6. The van der Waals surface area contributed by atoms with Gasteiger partial charge in [0.15, 0.2) is 0 Å². The van der Waals surface area contributed by atoms with Crippen LogP contribution in [0.15, 0.2) is 40.9 Å². The molecule has 34 heavy (non-hydrogen) atoms. The first-order valence-corrected chi connectivity index (χ1v) is 13.1. The van der Waals surface area contributed by atoms with Crippen LogP contribution in [-0.2, 0) is 14.8 Å². The van der Waals surface area contributed by atoms with Crippen LogP contribution in [0.3, 0.4) is 0 Å². The van der Waals surface area contributed by atoms with Gasteiger partial charge in [0, 0.05) is 35.0 Å². The lowest BCUT2D eigenvalue weighted by molar-refractivity contribution is -0.0586. The third kappa shape index (κ3) is 3.69. The second-order valence-electron chi connectivity index (χ2n) is 9.16. The van der Waals surface area contributed by atoms with E-state index in [1.807, 2.05) is 45.9 Å². The van der Waals surface area contributed by atoms with E-state index in [2.05, 4.69) is 5.16 Å². The van der Waals surface area contributed by atoms with Gasteiger partial charge < -0.3 is 14.2 Å². The Morgan fingerprint density at radius 3 is 2.32 bits per heavy atom. The number of fused-ring (bicyclic) bond motifs is 3. The monoisotopic (exact) mass is 481 g/mol. The third-order valence-electron chi connectivity index (χ3n) is 6.33. The molecular weight excluding hydrogens is 454 g/mol. The molecule has 178 valence electrons. The number of amides is 1. The zero-order chi connectivity index (χ0) is 24.4. The highest BCUT2D eigenvalue weighted by Crippen LogP contribution is 2.36. The molecule has 2 aromatic carbocycles. The van der Waals surface area contributed by atoms with Crippen molar-refractivity contribution in [1.29, 1.82) is 0 Å². The number of benzene rings is 2. The minimum absolute atomic E-state index is 0.0358. The van der Waals surface area contributed by atoms with Gasteiger partial charge in [0.25, 0.3) is 5.91 Å². The fourth-order valence-corrected chi connectivity index (χ4v) is 6.08. The van der Waals surface area contributed by atoms with Crippen molar-refractivity contribution < 1.29 is 22.5 Å². The highest BCUT2D eigenvalue weighted by atomic mass is 32.2. The number of aryl methyl sites for hydroxylation is 2. The van der Waals surface area contributed by atoms with Crippen molar-refractivity contribution in [2.45, 2.75) is 39.9 Å². The molecule has 0 N–H and O–H groups in total. The molecule has 2 atom stereocenters. The van der Waals surface area contributed by atoms with Gasteiger partial charge in [-0.25, -0.2) is 12.4 Å². The van der Waals surface area contributed by atoms with Gasteiger partial charge in [0.2, 0.25) is 10.0 Å². The summed E-state index contributed by atoms with van der Waals surface area (Å²) in [5.74, 6) is 0.581. The lowest BCUT2D eigenvalue weighted by atomic mass is 10.0. The second kappa shape index (κ2) is 7.95. The molecular formula is C25H27N3O5S. The Balaban J connectivity index is 1.69. The molecule has 1 saturated heterocycles. The van der Waals surface area contributed by atoms with E-state index in [1.54, 1.807) is 23.1 Å². The zero-order valence-electron chi connectivity index (χ0n) is 19.8. The van der Waals surface area contributed by atoms with Gasteiger partial charge in [-0.1, -0.05) is 17.3 Å². The standard InChI is InChI=1S/C25H27N3O5S/c1-14-12-27(13-15(2)32-14)25(29)19-7-9-22-21(10-19)20-8-6-18(24-16(3)26-33-17(24)4)11-23(20)28(22)34(5,30)31/h6-11,14-15H,12-13H2,1-5H3. The smallest absolute Gasteiger partial charge is 0.254 e. The van der Waals surface area contributed by atoms with Gasteiger partial charge >= 0.3 is 0 Å². The van der Waals surface area contributed by atoms with Crippen LogP contribution in [0.2, 0.25) is 0 Å². The van der Waals surface area contributed by atoms with Crippen LogP contribution in [0, 0.1) is 13.8 Å². The van der Waals surface area contributed by atoms with Crippen LogP contribution in [0.4, 0.5) is 0 Å². The highest BCUT2D eigenvalue weighted by molar-refractivity contribution is 7.89. The van der Waals surface area contributed by atoms with E-state index in [0.717, 1.165) is 22.2 Å². The van der Waals surface area contributed by atoms with Gasteiger partial charge in [0.1, 0.15) is 5.76 Å². The molecule has 5 rings (SSSR count). The predicted molar refractivity (Wildman–Crippen MR) is 131 cm³/mol. The Morgan fingerprint density at radius 2 is 1.71 bits per heavy atom. The van der Waals surface area contributed by atoms with Crippen LogP contribution < -0.4 is 0 Å². The van der Waals surface area contributed by atoms with E-state index in [0.29, 0.717) is 40.8 Å². The summed E-state index contributed by atoms with van der Waals surface area (Å²) < 4.78 is 38.1. The van der Waals surface area contributed by atoms with Gasteiger partial charge in [0.05, 0.1) is 35.2 Å². The van der Waals surface area contributed by atoms with Gasteiger partial charge in [-0.15, -0.1) is 0 Å². The molecule has 1 aliphatic rings. The molecule has 1 fully saturated rings. The van der Waals surface area contributed by atoms with Crippen LogP contribution in [-0.4, -0.2) is 59.9 Å². The van der Waals surface area contributed by atoms with E-state index < -0.39 is 10.0 Å². The number of ether oxygens (including phenoxy) is 1. The van der Waals surface area contributed by atoms with Crippen molar-refractivity contribution in [2.75, 3.05) is 19.3 Å². The lowest BCUT2D eigenvalue weighted by Gasteiger charge is -2.35. The van der Waals surface area contributed by atoms with Crippen molar-refractivity contribution in [1.82, 2.24) is 14.0 Å². The third-order valence-corrected chi connectivity index (χ3v) is 7.39. The summed E-state index contributed by atoms with van der Waals surface area (Å²) in [5.41, 5.74) is 4.02. The number of carbonyl (C=O) groups excluding carboxylic acids is 1. The fraction of sp³-hybridized carbons (Fsp3) is 0.360. The van der Waals surface area contributed by atoms with Crippen molar-refractivity contribution in [2.24, 2.45) is 0 Å². The number of hydrogen-bond acceptors (Lipinski definition) is 6. The molecule has 0 radical (unpaired) electrons. The molecule has 2 unspecified atom stereocenters. The normalized spacial score (nSPS) is 19.3. The molecule has 0 spiro atoms. The van der Waals surface area contributed by atoms with Crippen molar-refractivity contribution in [3.8, 4) is 11.1 Å². The van der Waals surface area contributed by atoms with Crippen molar-refractivity contribution >= 4 is 37.7 Å². The van der Waals surface area contributed by atoms with Gasteiger partial charge in [-0.3, -0.25) is 4.79 Å². The van der Waals surface area contributed by atoms with E-state index in [9.17, 15) is 13.2 Å². The van der Waals surface area contributed by atoms with E-state index in [1.165, 1.54) is 10.2 Å². The minimum Gasteiger partial charge on any atom is -0.372 e. The van der Waals surface area contributed by atoms with E-state index in [4.69, 9.17) is 9.26 Å². The first-order valence-electron chi connectivity index (χ1n) is 11.2. The number of morpholine rings is 1. The number of aromatic nitrogens is 2. The second-order valence-corrected chi connectivity index (χ2v) is 11.0. The maximum atomic E-state index is 13.3. The predicted octanol–water partition coefficient (Wildman–Crippen LogP) is 4.12. The molecule has 1 aliphatic heterocycles. The number of nitrogens with zero attached hydrogens (tertiary/aromatic N) is 3. The number of hydrogen-bond donors (Lipinski definition) is 0. The van der Waals surface area contributed by atoms with Crippen molar-refractivity contribution in [3.05, 3.63) is 53.4 Å². The summed E-state index contributed by atoms with van der Waals surface area (Å²) in [5, 5.41) is 5.49. The van der Waals surface area contributed by atoms with Crippen LogP contribution in [0.25, 0.3) is 32.9 Å². The maximum Gasteiger partial charge on any atom is 0.254 e. The Hall–Kier alpha value is -3.17. The molecule has 0 bridgehead atoms. The lowest BCUT2D eigenvalue weighted by Crippen LogP contribution is -2.48. The first kappa shape index (κ1) is 22.6. The SMILES string of the molecule is Cc1noc(C)c1-c1ccc2c3cc(C(=O)N4CC(C)OC(C)C4)ccc3n(S(C)(=O)=O)c2c1. The molecule has 2 aromatic heterocycles. The number of rotatable bonds is 3. The summed E-state index contributed by atoms with van der Waals surface area (Å²) in [6.45, 7) is 8.63. The summed E-state index contributed by atoms with van der Waals surface area (Å²) in [7, 11) is -3.62. The maximum absolute atomic E-state index is 13.3. The molecule has 8 nitrogen and oxygen atoms in total. The molecule has 9 heteroatoms. The highest BCUT2D eigenvalue weighted by Gasteiger charge is 2.27. The van der Waals surface area contributed by atoms with Crippen LogP contribution >= 0.6 is 0 Å². The molecule has 0 aliphatic carbocycles. The molecule has 3 heterocycles. The Bertz CT molecular complexity index is 1520. The average molecular weight is 482 g/mol. The summed E-state index contributed by atoms with van der Waals surface area (Å²) >= 11 is 0. The van der Waals surface area contributed by atoms with E-state index in [-0.39, 0.29) is 18.1 Å². The summed E-state index contributed by atoms with van der Waals surface area (Å²) in [4.78, 5) is 15.1. The quantitative estimate of drug-likeness (QED) is 0.437. The minimum atomic E-state index is -3.62. The van der Waals surface area contributed by atoms with E-state index >= 15 is 0 Å². The average Bonchev–Trinajstić information content (AvgIpc) is 3.27. The molecule has 0 saturated carbocycles. The number of carbonyl (C=O) groups is 1. The Kier molecular flexibility index (Phi) is 5.29. The fourth-order valence-electron chi connectivity index (χ4n) is 5.05. The Labute approximate surface area is 198 Å². The van der Waals surface area contributed by atoms with Crippen LogP contribution in [0.5, 0.6) is 0 Å². The summed E-state index contributed by atoms with van der Waals surface area (Å²) in [6, 6.07) is 10.9. The van der Waals surface area contributed by atoms with Crippen LogP contribution in [0.1, 0.15) is 35.7 Å². The largest absolute Gasteiger partial charge is 0.372 e. The summed E-state index contributed by atoms with van der Waals surface area (Å²) in [6.07, 6.45) is 1.11. The van der Waals surface area contributed by atoms with Crippen molar-refractivity contribution in [3.63, 3.8) is 0 Å². The van der Waals surface area contributed by atoms with Gasteiger partial charge in [-0.05, 0) is 57.5 Å². The molecule has 1 amide bonds.